The van der Waals surface area contributed by atoms with E-state index in [4.69, 9.17) is 0 Å². The normalized spacial score (nSPS) is 0. The number of hydrogen-bond donors (Lipinski definition) is 0. The van der Waals surface area contributed by atoms with Gasteiger partial charge in [0.05, 0.1) is 0 Å². The van der Waals surface area contributed by atoms with E-state index >= 15 is 0 Å². The Morgan fingerprint density at radius 3 is 0.600 bits per heavy atom. The number of nitrogens with two attached hydrogens (primary N) is 1. The van der Waals surface area contributed by atoms with Crippen molar-refractivity contribution in [2.45, 2.75) is 0 Å². The topological polar surface area (TPSA) is 33.5 Å². The van der Waals surface area contributed by atoms with E-state index in [0.717, 1.165) is 0 Å². The Balaban J connectivity index is 0. The first-order valence-corrected chi connectivity index (χ1v) is 0. The summed E-state index contributed by atoms with van der Waals surface area (Å²) in [6.07, 6.45) is 0. The molecule has 0 saturated heterocycles. The molecule has 0 heterocycles. The Kier molecular flexibility index (Phi) is 842. The van der Waals surface area contributed by atoms with Crippen LogP contribution in [-0.2, 0) is 21.1 Å². The first-order chi connectivity index (χ1) is 0. The fraction of sp³-hybridized carbons (Fsp3) is 0. The van der Waals surface area contributed by atoms with E-state index in [1.807, 2.05) is 0 Å². The minimum absolute atomic E-state index is 0. The molecule has 0 radical (unpaired) electrons. The molecule has 1 nitrogen and oxygen atoms in total. The van der Waals surface area contributed by atoms with Gasteiger partial charge in [-0.3, -0.25) is 0 Å². The molecular formula is H2Cl3NPt. The summed E-state index contributed by atoms with van der Waals surface area (Å²) in [7, 11) is 0. The van der Waals surface area contributed by atoms with Crippen LogP contribution in [0.25, 0.3) is 6.15 Å². The molecule has 0 rings (SSSR count). The molecule has 0 aliphatic heterocycles. The van der Waals surface area contributed by atoms with Crippen LogP contribution in [0.5, 0.6) is 0 Å². The zero-order valence-electron chi connectivity index (χ0n) is 2.03. The van der Waals surface area contributed by atoms with Crippen LogP contribution in [0.3, 0.4) is 0 Å². The maximum Gasteiger partial charge on any atom is 4.00 e. The molecule has 2 N–H and O–H groups in total. The predicted octanol–water partition coefficient (Wildman–Crippen LogP) is -8.27. The van der Waals surface area contributed by atoms with Gasteiger partial charge in [0.25, 0.3) is 0 Å². The van der Waals surface area contributed by atoms with Gasteiger partial charge < -0.3 is 43.4 Å². The zero-order valence-corrected chi connectivity index (χ0v) is 6.57. The van der Waals surface area contributed by atoms with Crippen LogP contribution in [-0.4, -0.2) is 0 Å². The van der Waals surface area contributed by atoms with Crippen molar-refractivity contribution >= 4 is 0 Å². The first kappa shape index (κ1) is 86.1. The molecule has 0 atom stereocenters. The Labute approximate surface area is 64.4 Å². The van der Waals surface area contributed by atoms with Crippen molar-refractivity contribution in [3.05, 3.63) is 6.15 Å². The van der Waals surface area contributed by atoms with E-state index in [1.54, 1.807) is 0 Å². The van der Waals surface area contributed by atoms with Crippen molar-refractivity contribution < 1.29 is 58.3 Å². The van der Waals surface area contributed by atoms with Crippen LogP contribution in [0.1, 0.15) is 0 Å². The minimum atomic E-state index is 0. The Morgan fingerprint density at radius 2 is 0.600 bits per heavy atom. The standard InChI is InChI=1S/3ClH.H2N.Pt/h3*1H;1H2;/q;;;-1;+4/p-3. The second-order valence-electron chi connectivity index (χ2n) is 0. The van der Waals surface area contributed by atoms with Crippen LogP contribution in [0.2, 0.25) is 0 Å². The quantitative estimate of drug-likeness (QED) is 0.425. The zero-order chi connectivity index (χ0) is 0. The summed E-state index contributed by atoms with van der Waals surface area (Å²) in [5.74, 6) is 0. The molecular weight excluding hydrogens is 315 g/mol. The van der Waals surface area contributed by atoms with E-state index in [-0.39, 0.29) is 64.4 Å². The van der Waals surface area contributed by atoms with Gasteiger partial charge in [-0.05, 0) is 0 Å². The van der Waals surface area contributed by atoms with E-state index < -0.39 is 0 Å². The van der Waals surface area contributed by atoms with Crippen molar-refractivity contribution in [2.24, 2.45) is 0 Å². The van der Waals surface area contributed by atoms with Crippen molar-refractivity contribution in [3.8, 4) is 0 Å². The summed E-state index contributed by atoms with van der Waals surface area (Å²) in [5, 5.41) is 0. The maximum absolute atomic E-state index is 0. The van der Waals surface area contributed by atoms with Gasteiger partial charge in [0.15, 0.2) is 0 Å². The van der Waals surface area contributed by atoms with Crippen LogP contribution < -0.4 is 37.2 Å². The van der Waals surface area contributed by atoms with Gasteiger partial charge in [-0.1, -0.05) is 0 Å². The molecule has 5 heavy (non-hydrogen) atoms. The van der Waals surface area contributed by atoms with Gasteiger partial charge in [-0.2, -0.15) is 0 Å². The van der Waals surface area contributed by atoms with Crippen LogP contribution in [0.4, 0.5) is 0 Å². The van der Waals surface area contributed by atoms with Crippen molar-refractivity contribution in [3.63, 3.8) is 0 Å². The summed E-state index contributed by atoms with van der Waals surface area (Å²) >= 11 is 0. The van der Waals surface area contributed by atoms with E-state index in [9.17, 15) is 0 Å². The molecule has 38 valence electrons. The Morgan fingerprint density at radius 1 is 0.600 bits per heavy atom. The average molecular weight is 317 g/mol. The number of rotatable bonds is 0. The summed E-state index contributed by atoms with van der Waals surface area (Å²) in [6, 6.07) is 0. The predicted molar refractivity (Wildman–Crippen MR) is 5.28 cm³/mol. The molecule has 0 aliphatic carbocycles. The molecule has 0 aromatic carbocycles. The van der Waals surface area contributed by atoms with Crippen molar-refractivity contribution in [1.82, 2.24) is 0 Å². The van der Waals surface area contributed by atoms with Gasteiger partial charge in [0.2, 0.25) is 0 Å². The SMILES string of the molecule is [Cl-].[Cl-].[Cl-].[NH2-].[Pt+4]. The molecule has 0 bridgehead atoms. The molecule has 0 aliphatic rings. The minimum Gasteiger partial charge on any atom is -1.00 e. The fourth-order valence-corrected chi connectivity index (χ4v) is 0. The van der Waals surface area contributed by atoms with Gasteiger partial charge in [0.1, 0.15) is 0 Å². The molecule has 0 aromatic heterocycles. The second-order valence-corrected chi connectivity index (χ2v) is 0. The molecule has 5 heteroatoms. The average Bonchev–Trinajstić information content (AvgIpc) is 0. The Bertz CT molecular complexity index is 6.85. The largest absolute Gasteiger partial charge is 4.00 e. The van der Waals surface area contributed by atoms with Crippen LogP contribution in [0.15, 0.2) is 0 Å². The monoisotopic (exact) mass is 316 g/mol. The number of halogens is 3. The van der Waals surface area contributed by atoms with Gasteiger partial charge in [-0.25, -0.2) is 0 Å². The molecule has 0 aromatic rings. The molecule has 0 amide bonds. The Hall–Kier alpha value is 1.52. The van der Waals surface area contributed by atoms with Crippen molar-refractivity contribution in [1.29, 1.82) is 0 Å². The van der Waals surface area contributed by atoms with Gasteiger partial charge in [-0.15, -0.1) is 0 Å². The first-order valence-electron chi connectivity index (χ1n) is 0. The van der Waals surface area contributed by atoms with E-state index in [2.05, 4.69) is 0 Å². The smallest absolute Gasteiger partial charge is 1.00 e. The maximum atomic E-state index is 0. The summed E-state index contributed by atoms with van der Waals surface area (Å²) in [5.41, 5.74) is 0. The van der Waals surface area contributed by atoms with Crippen molar-refractivity contribution in [2.75, 3.05) is 0 Å². The summed E-state index contributed by atoms with van der Waals surface area (Å²) in [4.78, 5) is 0. The van der Waals surface area contributed by atoms with Crippen LogP contribution >= 0.6 is 0 Å². The summed E-state index contributed by atoms with van der Waals surface area (Å²) in [6.45, 7) is 0. The van der Waals surface area contributed by atoms with E-state index in [0.29, 0.717) is 0 Å². The third-order valence-electron chi connectivity index (χ3n) is 0. The van der Waals surface area contributed by atoms with Crippen LogP contribution in [0, 0.1) is 0 Å². The molecule has 0 saturated carbocycles. The van der Waals surface area contributed by atoms with Gasteiger partial charge >= 0.3 is 21.1 Å². The fourth-order valence-electron chi connectivity index (χ4n) is 0. The molecule has 0 unspecified atom stereocenters. The third kappa shape index (κ3) is 29.6. The molecule has 0 spiro atoms. The summed E-state index contributed by atoms with van der Waals surface area (Å²) < 4.78 is 0. The third-order valence-corrected chi connectivity index (χ3v) is 0. The number of hydrogen-bond acceptors (Lipinski definition) is 0. The van der Waals surface area contributed by atoms with Gasteiger partial charge in [0, 0.05) is 0 Å². The molecule has 0 fully saturated rings. The second kappa shape index (κ2) is 48.9. The van der Waals surface area contributed by atoms with E-state index in [1.165, 1.54) is 0 Å².